The summed E-state index contributed by atoms with van der Waals surface area (Å²) in [6.45, 7) is 4.33. The van der Waals surface area contributed by atoms with Crippen LogP contribution in [0.25, 0.3) is 0 Å². The molecule has 2 heterocycles. The topological polar surface area (TPSA) is 67.0 Å². The maximum Gasteiger partial charge on any atom is 0.232 e. The molecule has 6 nitrogen and oxygen atoms in total. The summed E-state index contributed by atoms with van der Waals surface area (Å²) in [4.78, 5) is 2.12. The Bertz CT molecular complexity index is 661. The van der Waals surface area contributed by atoms with Gasteiger partial charge in [-0.25, -0.2) is 0 Å². The second-order valence-electron chi connectivity index (χ2n) is 4.46. The predicted molar refractivity (Wildman–Crippen MR) is 81.0 cm³/mol. The smallest absolute Gasteiger partial charge is 0.232 e. The van der Waals surface area contributed by atoms with Crippen LogP contribution in [0.15, 0.2) is 29.4 Å². The third-order valence-electron chi connectivity index (χ3n) is 3.21. The molecule has 3 rings (SSSR count). The van der Waals surface area contributed by atoms with Crippen molar-refractivity contribution in [2.45, 2.75) is 18.6 Å². The maximum absolute atomic E-state index is 8.66. The number of anilines is 2. The average molecular weight is 301 g/mol. The summed E-state index contributed by atoms with van der Waals surface area (Å²) in [5.74, 6) is 2.09. The van der Waals surface area contributed by atoms with Crippen LogP contribution in [0.5, 0.6) is 5.75 Å². The van der Waals surface area contributed by atoms with E-state index >= 15 is 0 Å². The van der Waals surface area contributed by atoms with E-state index in [2.05, 4.69) is 25.7 Å². The number of nitriles is 1. The van der Waals surface area contributed by atoms with E-state index in [1.807, 2.05) is 31.2 Å². The molecular formula is C14H15N5OS. The first-order valence-corrected chi connectivity index (χ1v) is 7.75. The normalized spacial score (nSPS) is 13.0. The van der Waals surface area contributed by atoms with Crippen molar-refractivity contribution in [1.82, 2.24) is 14.8 Å². The molecule has 0 aliphatic carbocycles. The molecule has 0 saturated heterocycles. The van der Waals surface area contributed by atoms with E-state index in [0.717, 1.165) is 35.6 Å². The third kappa shape index (κ3) is 2.67. The number of thioether (sulfide) groups is 1. The van der Waals surface area contributed by atoms with Gasteiger partial charge in [0, 0.05) is 18.8 Å². The van der Waals surface area contributed by atoms with Crippen molar-refractivity contribution < 1.29 is 4.74 Å². The van der Waals surface area contributed by atoms with E-state index in [9.17, 15) is 0 Å². The summed E-state index contributed by atoms with van der Waals surface area (Å²) in [7, 11) is 0. The van der Waals surface area contributed by atoms with Crippen LogP contribution in [0.1, 0.15) is 6.92 Å². The van der Waals surface area contributed by atoms with Crippen molar-refractivity contribution >= 4 is 23.4 Å². The summed E-state index contributed by atoms with van der Waals surface area (Å²) in [5, 5.41) is 17.9. The Morgan fingerprint density at radius 1 is 1.29 bits per heavy atom. The van der Waals surface area contributed by atoms with Gasteiger partial charge in [-0.1, -0.05) is 11.8 Å². The monoisotopic (exact) mass is 301 g/mol. The van der Waals surface area contributed by atoms with Gasteiger partial charge in [0.1, 0.15) is 5.75 Å². The van der Waals surface area contributed by atoms with Crippen molar-refractivity contribution in [3.63, 3.8) is 0 Å². The number of nitrogens with zero attached hydrogens (tertiary/aromatic N) is 5. The molecule has 1 aliphatic heterocycles. The lowest BCUT2D eigenvalue weighted by Crippen LogP contribution is -2.14. The Hall–Kier alpha value is -2.20. The highest BCUT2D eigenvalue weighted by Gasteiger charge is 2.25. The van der Waals surface area contributed by atoms with E-state index in [4.69, 9.17) is 10.00 Å². The van der Waals surface area contributed by atoms with Gasteiger partial charge in [-0.05, 0) is 31.2 Å². The zero-order valence-electron chi connectivity index (χ0n) is 11.7. The average Bonchev–Trinajstić information content (AvgIpc) is 3.08. The van der Waals surface area contributed by atoms with Crippen molar-refractivity contribution in [3.05, 3.63) is 24.3 Å². The minimum absolute atomic E-state index is 0.390. The van der Waals surface area contributed by atoms with Gasteiger partial charge in [-0.15, -0.1) is 10.2 Å². The fourth-order valence-corrected chi connectivity index (χ4v) is 2.93. The molecule has 7 heteroatoms. The van der Waals surface area contributed by atoms with Gasteiger partial charge in [0.15, 0.2) is 5.16 Å². The van der Waals surface area contributed by atoms with Gasteiger partial charge >= 0.3 is 0 Å². The number of hydrogen-bond acceptors (Lipinski definition) is 6. The summed E-state index contributed by atoms with van der Waals surface area (Å²) in [6, 6.07) is 10.1. The van der Waals surface area contributed by atoms with Crippen LogP contribution >= 0.6 is 11.8 Å². The first-order valence-electron chi connectivity index (χ1n) is 6.77. The molecule has 0 atom stereocenters. The molecular weight excluding hydrogens is 286 g/mol. The number of hydrogen-bond donors (Lipinski definition) is 0. The minimum Gasteiger partial charge on any atom is -0.494 e. The van der Waals surface area contributed by atoms with Crippen LogP contribution in [-0.4, -0.2) is 33.7 Å². The molecule has 1 aromatic heterocycles. The maximum atomic E-state index is 8.66. The number of aromatic nitrogens is 3. The van der Waals surface area contributed by atoms with E-state index in [-0.39, 0.29) is 0 Å². The van der Waals surface area contributed by atoms with Crippen LogP contribution in [0, 0.1) is 11.3 Å². The van der Waals surface area contributed by atoms with Crippen molar-refractivity contribution in [2.75, 3.05) is 23.8 Å². The van der Waals surface area contributed by atoms with Gasteiger partial charge in [-0.3, -0.25) is 4.57 Å². The quantitative estimate of drug-likeness (QED) is 0.790. The molecule has 21 heavy (non-hydrogen) atoms. The molecule has 108 valence electrons. The summed E-state index contributed by atoms with van der Waals surface area (Å²) in [5.41, 5.74) is 1.07. The van der Waals surface area contributed by atoms with Crippen LogP contribution in [0.2, 0.25) is 0 Å². The lowest BCUT2D eigenvalue weighted by molar-refractivity contribution is 0.340. The molecule has 0 radical (unpaired) electrons. The van der Waals surface area contributed by atoms with E-state index < -0.39 is 0 Å². The van der Waals surface area contributed by atoms with Gasteiger partial charge in [0.05, 0.1) is 18.4 Å². The Kier molecular flexibility index (Phi) is 3.97. The van der Waals surface area contributed by atoms with Gasteiger partial charge in [0.2, 0.25) is 5.95 Å². The SMILES string of the molecule is CCOc1ccc(N2CCn3c(SCC#N)nnc32)cc1. The van der Waals surface area contributed by atoms with Crippen LogP contribution in [0.3, 0.4) is 0 Å². The van der Waals surface area contributed by atoms with Crippen molar-refractivity contribution in [2.24, 2.45) is 0 Å². The van der Waals surface area contributed by atoms with E-state index in [1.165, 1.54) is 11.8 Å². The number of benzene rings is 1. The summed E-state index contributed by atoms with van der Waals surface area (Å²) < 4.78 is 7.51. The predicted octanol–water partition coefficient (Wildman–Crippen LogP) is 2.44. The summed E-state index contributed by atoms with van der Waals surface area (Å²) >= 11 is 1.42. The van der Waals surface area contributed by atoms with Crippen LogP contribution in [0.4, 0.5) is 11.6 Å². The molecule has 0 bridgehead atoms. The highest BCUT2D eigenvalue weighted by Crippen LogP contribution is 2.32. The molecule has 0 fully saturated rings. The summed E-state index contributed by atoms with van der Waals surface area (Å²) in [6.07, 6.45) is 0. The highest BCUT2D eigenvalue weighted by molar-refractivity contribution is 7.99. The van der Waals surface area contributed by atoms with Crippen molar-refractivity contribution in [1.29, 1.82) is 5.26 Å². The molecule has 2 aromatic rings. The molecule has 0 N–H and O–H groups in total. The van der Waals surface area contributed by atoms with E-state index in [1.54, 1.807) is 0 Å². The zero-order chi connectivity index (χ0) is 14.7. The molecule has 0 unspecified atom stereocenters. The lowest BCUT2D eigenvalue weighted by Gasteiger charge is -2.15. The Labute approximate surface area is 127 Å². The fraction of sp³-hybridized carbons (Fsp3) is 0.357. The molecule has 0 spiro atoms. The Morgan fingerprint density at radius 2 is 2.10 bits per heavy atom. The third-order valence-corrected chi connectivity index (χ3v) is 4.04. The fourth-order valence-electron chi connectivity index (χ4n) is 2.31. The number of fused-ring (bicyclic) bond motifs is 1. The molecule has 0 amide bonds. The lowest BCUT2D eigenvalue weighted by atomic mass is 10.3. The molecule has 1 aliphatic rings. The van der Waals surface area contributed by atoms with Crippen molar-refractivity contribution in [3.8, 4) is 11.8 Å². The van der Waals surface area contributed by atoms with E-state index in [0.29, 0.717) is 12.4 Å². The van der Waals surface area contributed by atoms with Gasteiger partial charge in [-0.2, -0.15) is 5.26 Å². The highest BCUT2D eigenvalue weighted by atomic mass is 32.2. The first kappa shape index (κ1) is 13.8. The molecule has 1 aromatic carbocycles. The second kappa shape index (κ2) is 6.06. The standard InChI is InChI=1S/C14H15N5OS/c1-2-20-12-5-3-11(4-6-12)18-8-9-19-13(18)16-17-14(19)21-10-7-15/h3-6H,2,8-10H2,1H3. The van der Waals surface area contributed by atoms with Crippen LogP contribution < -0.4 is 9.64 Å². The van der Waals surface area contributed by atoms with Gasteiger partial charge in [0.25, 0.3) is 0 Å². The number of ether oxygens (including phenoxy) is 1. The number of rotatable bonds is 5. The van der Waals surface area contributed by atoms with Gasteiger partial charge < -0.3 is 9.64 Å². The molecule has 0 saturated carbocycles. The second-order valence-corrected chi connectivity index (χ2v) is 5.40. The first-order chi connectivity index (χ1) is 10.3. The Morgan fingerprint density at radius 3 is 2.81 bits per heavy atom. The largest absolute Gasteiger partial charge is 0.494 e. The van der Waals surface area contributed by atoms with Crippen LogP contribution in [-0.2, 0) is 6.54 Å². The Balaban J connectivity index is 1.81. The zero-order valence-corrected chi connectivity index (χ0v) is 12.5. The minimum atomic E-state index is 0.390.